The zero-order valence-corrected chi connectivity index (χ0v) is 36.1. The molecule has 5 aliphatic heterocycles. The Hall–Kier alpha value is -3.56. The van der Waals surface area contributed by atoms with E-state index in [2.05, 4.69) is 31.0 Å². The number of halogens is 1. The van der Waals surface area contributed by atoms with Gasteiger partial charge in [-0.25, -0.2) is 17.6 Å². The third-order valence-electron chi connectivity index (χ3n) is 14.9. The van der Waals surface area contributed by atoms with Crippen LogP contribution in [0.1, 0.15) is 63.4 Å². The van der Waals surface area contributed by atoms with Crippen LogP contribution in [0, 0.1) is 23.6 Å². The number of ether oxygens (including phenoxy) is 1. The molecule has 0 bridgehead atoms. The SMILES string of the molecule is COC(=O)N[C@H]1CCC[C@@H]1C(CN1CCC1)(c1cccc(F)c1)C1CCN(C[C@H]2CN(c3ccc(S(=O)(=O)C4CN(C(=O)/C=C/CN5CCCCC5)C4)cc3)C[C@@H]2O)CC1. The lowest BCUT2D eigenvalue weighted by molar-refractivity contribution is -0.129. The van der Waals surface area contributed by atoms with E-state index in [1.54, 1.807) is 29.2 Å². The van der Waals surface area contributed by atoms with Gasteiger partial charge in [-0.05, 0) is 138 Å². The summed E-state index contributed by atoms with van der Waals surface area (Å²) in [6.07, 6.45) is 12.1. The summed E-state index contributed by atoms with van der Waals surface area (Å²) < 4.78 is 47.1. The Balaban J connectivity index is 0.870. The second-order valence-electron chi connectivity index (χ2n) is 18.4. The van der Waals surface area contributed by atoms with E-state index in [1.165, 1.54) is 32.4 Å². The molecule has 0 radical (unpaired) electrons. The minimum Gasteiger partial charge on any atom is -0.453 e. The van der Waals surface area contributed by atoms with Gasteiger partial charge in [0.15, 0.2) is 9.84 Å². The quantitative estimate of drug-likeness (QED) is 0.262. The molecule has 2 N–H and O–H groups in total. The van der Waals surface area contributed by atoms with Crippen molar-refractivity contribution in [3.05, 3.63) is 72.1 Å². The number of piperidine rings is 2. The van der Waals surface area contributed by atoms with E-state index in [4.69, 9.17) is 4.74 Å². The predicted molar refractivity (Wildman–Crippen MR) is 230 cm³/mol. The normalized spacial score (nSPS) is 27.4. The fourth-order valence-corrected chi connectivity index (χ4v) is 13.0. The lowest BCUT2D eigenvalue weighted by Gasteiger charge is -2.53. The van der Waals surface area contributed by atoms with E-state index in [0.717, 1.165) is 109 Å². The van der Waals surface area contributed by atoms with Crippen LogP contribution in [0.2, 0.25) is 0 Å². The number of aliphatic hydroxyl groups is 1. The largest absolute Gasteiger partial charge is 0.453 e. The molecule has 328 valence electrons. The number of aliphatic hydroxyl groups excluding tert-OH is 1. The van der Waals surface area contributed by atoms with Crippen LogP contribution in [0.4, 0.5) is 14.9 Å². The standard InChI is InChI=1S/C46H65FN6O6S/c1-59-45(56)48-42-12-6-11-41(42)46(33-51-23-8-24-51,36-9-5-10-37(47)27-36)35-18-25-50(26-19-35)28-34-29-52(32-43(34)54)38-14-16-39(17-15-38)60(57,58)40-30-53(31-40)44(55)13-7-22-49-20-3-2-4-21-49/h5,7,9-10,13-17,27,34-35,40-43,54H,2-4,6,8,11-12,18-26,28-33H2,1H3,(H,48,56)/b13-7+/t34-,41-,42-,43-,46?/m0/s1. The van der Waals surface area contributed by atoms with Gasteiger partial charge >= 0.3 is 6.09 Å². The molecule has 5 saturated heterocycles. The molecule has 60 heavy (non-hydrogen) atoms. The molecule has 6 fully saturated rings. The number of anilines is 1. The highest BCUT2D eigenvalue weighted by molar-refractivity contribution is 7.92. The molecule has 2 amide bonds. The minimum atomic E-state index is -3.59. The first-order valence-corrected chi connectivity index (χ1v) is 24.1. The van der Waals surface area contributed by atoms with Crippen molar-refractivity contribution in [2.45, 2.75) is 85.5 Å². The van der Waals surface area contributed by atoms with Gasteiger partial charge in [0.2, 0.25) is 5.91 Å². The van der Waals surface area contributed by atoms with Crippen LogP contribution < -0.4 is 10.2 Å². The number of β-amino-alcohol motifs (C(OH)–C–C–N with tert-alkyl or cyclic N) is 1. The molecule has 8 rings (SSSR count). The van der Waals surface area contributed by atoms with Crippen LogP contribution >= 0.6 is 0 Å². The Labute approximate surface area is 356 Å². The Bertz CT molecular complexity index is 1930. The number of rotatable bonds is 14. The predicted octanol–water partition coefficient (Wildman–Crippen LogP) is 4.53. The molecule has 5 atom stereocenters. The number of carbonyl (C=O) groups is 2. The maximum absolute atomic E-state index is 15.1. The van der Waals surface area contributed by atoms with Gasteiger partial charge in [0.1, 0.15) is 11.1 Å². The van der Waals surface area contributed by atoms with Crippen LogP contribution in [0.25, 0.3) is 0 Å². The molecular formula is C46H65FN6O6S. The molecule has 0 spiro atoms. The van der Waals surface area contributed by atoms with E-state index in [0.29, 0.717) is 13.1 Å². The summed E-state index contributed by atoms with van der Waals surface area (Å²) in [4.78, 5) is 36.6. The molecule has 2 aromatic carbocycles. The van der Waals surface area contributed by atoms with Crippen LogP contribution in [-0.2, 0) is 24.8 Å². The third kappa shape index (κ3) is 9.28. The highest BCUT2D eigenvalue weighted by Crippen LogP contribution is 2.51. The van der Waals surface area contributed by atoms with Gasteiger partial charge < -0.3 is 34.8 Å². The first-order valence-electron chi connectivity index (χ1n) is 22.5. The fraction of sp³-hybridized carbons (Fsp3) is 0.652. The molecule has 5 heterocycles. The summed E-state index contributed by atoms with van der Waals surface area (Å²) >= 11 is 0. The Morgan fingerprint density at radius 1 is 0.867 bits per heavy atom. The fourth-order valence-electron chi connectivity index (χ4n) is 11.3. The Kier molecular flexibility index (Phi) is 13.5. The Morgan fingerprint density at radius 3 is 2.28 bits per heavy atom. The van der Waals surface area contributed by atoms with E-state index in [-0.39, 0.29) is 58.9 Å². The van der Waals surface area contributed by atoms with E-state index < -0.39 is 27.3 Å². The summed E-state index contributed by atoms with van der Waals surface area (Å²) in [5.41, 5.74) is 1.59. The number of likely N-dealkylation sites (tertiary alicyclic amines) is 4. The topological polar surface area (TPSA) is 126 Å². The van der Waals surface area contributed by atoms with E-state index >= 15 is 4.39 Å². The number of sulfone groups is 1. The first kappa shape index (κ1) is 43.1. The molecule has 6 aliphatic rings. The number of hydrogen-bond donors (Lipinski definition) is 2. The maximum Gasteiger partial charge on any atom is 0.407 e. The van der Waals surface area contributed by atoms with Gasteiger partial charge in [0.25, 0.3) is 0 Å². The van der Waals surface area contributed by atoms with Crippen LogP contribution in [0.3, 0.4) is 0 Å². The van der Waals surface area contributed by atoms with Crippen molar-refractivity contribution in [1.82, 2.24) is 24.9 Å². The lowest BCUT2D eigenvalue weighted by Crippen LogP contribution is -2.59. The number of hydrogen-bond acceptors (Lipinski definition) is 10. The zero-order chi connectivity index (χ0) is 41.9. The smallest absolute Gasteiger partial charge is 0.407 e. The van der Waals surface area contributed by atoms with Gasteiger partial charge in [-0.15, -0.1) is 0 Å². The maximum atomic E-state index is 15.1. The molecule has 12 nitrogen and oxygen atoms in total. The number of methoxy groups -OCH3 is 1. The molecule has 0 aromatic heterocycles. The zero-order valence-electron chi connectivity index (χ0n) is 35.3. The van der Waals surface area contributed by atoms with E-state index in [9.17, 15) is 23.1 Å². The number of alkyl carbamates (subject to hydrolysis) is 1. The monoisotopic (exact) mass is 848 g/mol. The van der Waals surface area contributed by atoms with Gasteiger partial charge in [0, 0.05) is 75.0 Å². The van der Waals surface area contributed by atoms with Gasteiger partial charge in [-0.2, -0.15) is 0 Å². The van der Waals surface area contributed by atoms with Gasteiger partial charge in [-0.1, -0.05) is 31.1 Å². The first-order chi connectivity index (χ1) is 29.0. The molecular weight excluding hydrogens is 784 g/mol. The van der Waals surface area contributed by atoms with Gasteiger partial charge in [0.05, 0.1) is 18.1 Å². The average molecular weight is 849 g/mol. The second kappa shape index (κ2) is 18.8. The number of nitrogens with zero attached hydrogens (tertiary/aromatic N) is 5. The van der Waals surface area contributed by atoms with Crippen LogP contribution in [0.15, 0.2) is 65.6 Å². The summed E-state index contributed by atoms with van der Waals surface area (Å²) in [5, 5.41) is 13.9. The second-order valence-corrected chi connectivity index (χ2v) is 20.7. The third-order valence-corrected chi connectivity index (χ3v) is 17.0. The van der Waals surface area contributed by atoms with Crippen molar-refractivity contribution in [3.63, 3.8) is 0 Å². The van der Waals surface area contributed by atoms with Crippen LogP contribution in [0.5, 0.6) is 0 Å². The summed E-state index contributed by atoms with van der Waals surface area (Å²) in [6.45, 7) is 9.83. The molecule has 2 aromatic rings. The Morgan fingerprint density at radius 2 is 1.60 bits per heavy atom. The highest BCUT2D eigenvalue weighted by atomic mass is 32.2. The number of amides is 2. The summed E-state index contributed by atoms with van der Waals surface area (Å²) in [7, 11) is -2.18. The van der Waals surface area contributed by atoms with E-state index in [1.807, 2.05) is 24.3 Å². The number of benzene rings is 2. The molecule has 1 unspecified atom stereocenters. The van der Waals surface area contributed by atoms with Gasteiger partial charge in [-0.3, -0.25) is 9.69 Å². The van der Waals surface area contributed by atoms with Crippen molar-refractivity contribution in [1.29, 1.82) is 0 Å². The number of nitrogens with one attached hydrogen (secondary N) is 1. The van der Waals surface area contributed by atoms with Crippen LogP contribution in [-0.4, -0.2) is 155 Å². The van der Waals surface area contributed by atoms with Crippen molar-refractivity contribution in [3.8, 4) is 0 Å². The van der Waals surface area contributed by atoms with Crippen molar-refractivity contribution < 1.29 is 32.2 Å². The number of carbonyl (C=O) groups excluding carboxylic acids is 2. The van der Waals surface area contributed by atoms with Crippen molar-refractivity contribution in [2.75, 3.05) is 97.1 Å². The molecule has 1 saturated carbocycles. The van der Waals surface area contributed by atoms with Crippen molar-refractivity contribution >= 4 is 27.5 Å². The summed E-state index contributed by atoms with van der Waals surface area (Å²) in [6, 6.07) is 14.2. The van der Waals surface area contributed by atoms with Crippen molar-refractivity contribution in [2.24, 2.45) is 17.8 Å². The lowest BCUT2D eigenvalue weighted by atomic mass is 9.57. The highest BCUT2D eigenvalue weighted by Gasteiger charge is 2.53. The summed E-state index contributed by atoms with van der Waals surface area (Å²) in [5.74, 6) is 0.114. The average Bonchev–Trinajstić information content (AvgIpc) is 3.83. The molecule has 1 aliphatic carbocycles. The minimum absolute atomic E-state index is 0.0369. The molecule has 14 heteroatoms.